The second-order valence-corrected chi connectivity index (χ2v) is 6.91. The van der Waals surface area contributed by atoms with Crippen LogP contribution in [0.15, 0.2) is 30.3 Å². The first-order valence-corrected chi connectivity index (χ1v) is 9.24. The van der Waals surface area contributed by atoms with Crippen LogP contribution in [0.2, 0.25) is 0 Å². The van der Waals surface area contributed by atoms with Gasteiger partial charge in [0.1, 0.15) is 5.82 Å². The Morgan fingerprint density at radius 2 is 2.00 bits per heavy atom. The Balaban J connectivity index is 1.45. The van der Waals surface area contributed by atoms with Crippen LogP contribution in [-0.2, 0) is 30.8 Å². The number of nitrogens with zero attached hydrogens (tertiary/aromatic N) is 5. The zero-order chi connectivity index (χ0) is 17.2. The maximum absolute atomic E-state index is 13.1. The highest BCUT2D eigenvalue weighted by atomic mass is 16.2. The molecule has 132 valence electrons. The van der Waals surface area contributed by atoms with Crippen molar-refractivity contribution in [3.8, 4) is 0 Å². The molecule has 0 N–H and O–H groups in total. The molecule has 1 amide bonds. The number of hydrogen-bond donors (Lipinski definition) is 0. The van der Waals surface area contributed by atoms with Gasteiger partial charge in [-0.2, -0.15) is 0 Å². The molecule has 25 heavy (non-hydrogen) atoms. The van der Waals surface area contributed by atoms with E-state index >= 15 is 0 Å². The molecular formula is C19H25N5O. The molecule has 3 heterocycles. The molecule has 2 aliphatic heterocycles. The lowest BCUT2D eigenvalue weighted by molar-refractivity contribution is -0.137. The highest BCUT2D eigenvalue weighted by molar-refractivity contribution is 5.82. The summed E-state index contributed by atoms with van der Waals surface area (Å²) in [5, 5.41) is 8.52. The smallest absolute Gasteiger partial charge is 0.240 e. The third-order valence-electron chi connectivity index (χ3n) is 5.33. The molecule has 0 spiro atoms. The van der Waals surface area contributed by atoms with Crippen molar-refractivity contribution in [3.05, 3.63) is 47.5 Å². The van der Waals surface area contributed by atoms with Gasteiger partial charge in [0.15, 0.2) is 5.82 Å². The number of fused-ring (bicyclic) bond motifs is 1. The Labute approximate surface area is 148 Å². The van der Waals surface area contributed by atoms with Crippen molar-refractivity contribution in [1.82, 2.24) is 24.6 Å². The van der Waals surface area contributed by atoms with E-state index in [-0.39, 0.29) is 11.9 Å². The molecule has 6 heteroatoms. The third kappa shape index (κ3) is 3.18. The minimum Gasteiger partial charge on any atom is -0.332 e. The molecular weight excluding hydrogens is 314 g/mol. The molecule has 4 rings (SSSR count). The molecule has 1 aromatic carbocycles. The highest BCUT2D eigenvalue weighted by Gasteiger charge is 2.35. The highest BCUT2D eigenvalue weighted by Crippen LogP contribution is 2.24. The number of aryl methyl sites for hydroxylation is 1. The normalized spacial score (nSPS) is 20.7. The molecule has 0 bridgehead atoms. The van der Waals surface area contributed by atoms with E-state index in [0.717, 1.165) is 57.1 Å². The molecule has 0 radical (unpaired) electrons. The number of carbonyl (C=O) groups excluding carboxylic acids is 1. The summed E-state index contributed by atoms with van der Waals surface area (Å²) in [6, 6.07) is 10.4. The number of likely N-dealkylation sites (tertiary alicyclic amines) is 1. The summed E-state index contributed by atoms with van der Waals surface area (Å²) >= 11 is 0. The number of amides is 1. The van der Waals surface area contributed by atoms with Crippen LogP contribution in [-0.4, -0.2) is 49.6 Å². The van der Waals surface area contributed by atoms with Gasteiger partial charge in [-0.3, -0.25) is 9.69 Å². The van der Waals surface area contributed by atoms with Gasteiger partial charge in [-0.25, -0.2) is 0 Å². The molecule has 1 unspecified atom stereocenters. The van der Waals surface area contributed by atoms with Gasteiger partial charge in [-0.1, -0.05) is 37.3 Å². The predicted molar refractivity (Wildman–Crippen MR) is 94.7 cm³/mol. The minimum atomic E-state index is 0.000299. The average molecular weight is 339 g/mol. The van der Waals surface area contributed by atoms with Crippen LogP contribution in [0.1, 0.15) is 37.0 Å². The zero-order valence-electron chi connectivity index (χ0n) is 14.8. The summed E-state index contributed by atoms with van der Waals surface area (Å²) in [6.07, 6.45) is 2.93. The molecule has 0 aliphatic carbocycles. The van der Waals surface area contributed by atoms with E-state index in [1.54, 1.807) is 0 Å². The Bertz CT molecular complexity index is 742. The fourth-order valence-electron chi connectivity index (χ4n) is 3.99. The third-order valence-corrected chi connectivity index (χ3v) is 5.33. The van der Waals surface area contributed by atoms with Gasteiger partial charge in [0, 0.05) is 26.1 Å². The molecule has 1 fully saturated rings. The Morgan fingerprint density at radius 3 is 2.80 bits per heavy atom. The zero-order valence-corrected chi connectivity index (χ0v) is 14.8. The second kappa shape index (κ2) is 6.96. The maximum Gasteiger partial charge on any atom is 0.240 e. The summed E-state index contributed by atoms with van der Waals surface area (Å²) in [5.74, 6) is 2.19. The van der Waals surface area contributed by atoms with Crippen LogP contribution < -0.4 is 0 Å². The van der Waals surface area contributed by atoms with Crippen molar-refractivity contribution in [2.75, 3.05) is 13.1 Å². The molecule has 2 aromatic rings. The number of rotatable bonds is 4. The minimum absolute atomic E-state index is 0.000299. The van der Waals surface area contributed by atoms with Gasteiger partial charge >= 0.3 is 0 Å². The Hall–Kier alpha value is -2.21. The lowest BCUT2D eigenvalue weighted by Gasteiger charge is -2.33. The quantitative estimate of drug-likeness (QED) is 0.853. The van der Waals surface area contributed by atoms with Crippen LogP contribution in [0.5, 0.6) is 0 Å². The fourth-order valence-corrected chi connectivity index (χ4v) is 3.99. The van der Waals surface area contributed by atoms with E-state index in [0.29, 0.717) is 6.54 Å². The molecule has 1 saturated heterocycles. The Morgan fingerprint density at radius 1 is 1.16 bits per heavy atom. The second-order valence-electron chi connectivity index (χ2n) is 6.91. The van der Waals surface area contributed by atoms with Crippen LogP contribution in [0, 0.1) is 0 Å². The predicted octanol–water partition coefficient (Wildman–Crippen LogP) is 1.85. The van der Waals surface area contributed by atoms with Crippen molar-refractivity contribution in [2.45, 2.75) is 51.9 Å². The van der Waals surface area contributed by atoms with Crippen LogP contribution >= 0.6 is 0 Å². The van der Waals surface area contributed by atoms with Crippen LogP contribution in [0.25, 0.3) is 0 Å². The van der Waals surface area contributed by atoms with Crippen LogP contribution in [0.3, 0.4) is 0 Å². The first kappa shape index (κ1) is 16.3. The van der Waals surface area contributed by atoms with Crippen molar-refractivity contribution >= 4 is 5.91 Å². The number of hydrogen-bond acceptors (Lipinski definition) is 4. The van der Waals surface area contributed by atoms with Gasteiger partial charge in [-0.15, -0.1) is 10.2 Å². The number of benzene rings is 1. The number of aromatic nitrogens is 3. The topological polar surface area (TPSA) is 54.3 Å². The molecule has 1 aromatic heterocycles. The van der Waals surface area contributed by atoms with Crippen molar-refractivity contribution in [2.24, 2.45) is 0 Å². The molecule has 6 nitrogen and oxygen atoms in total. The van der Waals surface area contributed by atoms with E-state index in [4.69, 9.17) is 0 Å². The standard InChI is InChI=1S/C19H25N5O/c1-2-17-20-21-18-14-23(11-12-24(17)18)19(25)16-9-6-10-22(16)13-15-7-4-3-5-8-15/h3-5,7-8,16H,2,6,9-14H2,1H3. The maximum atomic E-state index is 13.1. The van der Waals surface area contributed by atoms with Gasteiger partial charge in [-0.05, 0) is 24.9 Å². The van der Waals surface area contributed by atoms with Crippen molar-refractivity contribution < 1.29 is 4.79 Å². The lowest BCUT2D eigenvalue weighted by Crippen LogP contribution is -2.48. The van der Waals surface area contributed by atoms with E-state index in [1.807, 2.05) is 11.0 Å². The Kier molecular flexibility index (Phi) is 4.53. The van der Waals surface area contributed by atoms with E-state index in [1.165, 1.54) is 5.56 Å². The van der Waals surface area contributed by atoms with E-state index in [9.17, 15) is 4.79 Å². The number of carbonyl (C=O) groups is 1. The van der Waals surface area contributed by atoms with Gasteiger partial charge in [0.2, 0.25) is 5.91 Å². The average Bonchev–Trinajstić information content (AvgIpc) is 3.28. The summed E-state index contributed by atoms with van der Waals surface area (Å²) in [5.41, 5.74) is 1.27. The van der Waals surface area contributed by atoms with E-state index < -0.39 is 0 Å². The first-order chi connectivity index (χ1) is 12.3. The summed E-state index contributed by atoms with van der Waals surface area (Å²) < 4.78 is 2.17. The lowest BCUT2D eigenvalue weighted by atomic mass is 10.1. The summed E-state index contributed by atoms with van der Waals surface area (Å²) in [6.45, 7) is 6.09. The monoisotopic (exact) mass is 339 g/mol. The SMILES string of the molecule is CCc1nnc2n1CCN(C(=O)C1CCCN1Cc1ccccc1)C2. The van der Waals surface area contributed by atoms with Crippen molar-refractivity contribution in [3.63, 3.8) is 0 Å². The molecule has 1 atom stereocenters. The van der Waals surface area contributed by atoms with Gasteiger partial charge < -0.3 is 9.47 Å². The van der Waals surface area contributed by atoms with E-state index in [2.05, 4.69) is 50.9 Å². The molecule has 0 saturated carbocycles. The summed E-state index contributed by atoms with van der Waals surface area (Å²) in [4.78, 5) is 17.4. The van der Waals surface area contributed by atoms with Gasteiger partial charge in [0.25, 0.3) is 0 Å². The summed E-state index contributed by atoms with van der Waals surface area (Å²) in [7, 11) is 0. The van der Waals surface area contributed by atoms with Gasteiger partial charge in [0.05, 0.1) is 12.6 Å². The first-order valence-electron chi connectivity index (χ1n) is 9.24. The molecule has 2 aliphatic rings. The fraction of sp³-hybridized carbons (Fsp3) is 0.526. The van der Waals surface area contributed by atoms with Crippen LogP contribution in [0.4, 0.5) is 0 Å². The largest absolute Gasteiger partial charge is 0.332 e. The van der Waals surface area contributed by atoms with Crippen molar-refractivity contribution in [1.29, 1.82) is 0 Å².